The predicted molar refractivity (Wildman–Crippen MR) is 168 cm³/mol. The molecule has 0 saturated heterocycles. The van der Waals surface area contributed by atoms with Crippen molar-refractivity contribution in [3.8, 4) is 5.75 Å². The maximum absolute atomic E-state index is 14.7. The van der Waals surface area contributed by atoms with Gasteiger partial charge in [0.05, 0.1) is 18.6 Å². The van der Waals surface area contributed by atoms with Crippen molar-refractivity contribution in [3.05, 3.63) is 89.4 Å². The molecular formula is C31H36FN5O6S2. The highest BCUT2D eigenvalue weighted by molar-refractivity contribution is 7.90. The molecule has 2 amide bonds. The third-order valence-electron chi connectivity index (χ3n) is 7.19. The van der Waals surface area contributed by atoms with Crippen molar-refractivity contribution in [2.24, 2.45) is 0 Å². The Hall–Kier alpha value is -4.14. The molecule has 1 N–H and O–H groups in total. The van der Waals surface area contributed by atoms with Crippen LogP contribution in [0.25, 0.3) is 0 Å². The predicted octanol–water partition coefficient (Wildman–Crippen LogP) is 4.80. The van der Waals surface area contributed by atoms with Gasteiger partial charge in [-0.3, -0.25) is 19.2 Å². The number of carbonyl (C=O) groups is 2. The lowest BCUT2D eigenvalue weighted by atomic mass is 9.85. The number of thiazole rings is 1. The lowest BCUT2D eigenvalue weighted by Gasteiger charge is -2.41. The van der Waals surface area contributed by atoms with Crippen LogP contribution in [-0.2, 0) is 31.5 Å². The Labute approximate surface area is 266 Å². The topological polar surface area (TPSA) is 133 Å². The van der Waals surface area contributed by atoms with Gasteiger partial charge in [-0.25, -0.2) is 22.5 Å². The quantitative estimate of drug-likeness (QED) is 0.203. The number of methoxy groups -OCH3 is 2. The number of hydrogen-bond donors (Lipinski definition) is 1. The number of nitrogens with zero attached hydrogens (tertiary/aromatic N) is 4. The van der Waals surface area contributed by atoms with Crippen molar-refractivity contribution in [2.75, 3.05) is 25.7 Å². The summed E-state index contributed by atoms with van der Waals surface area (Å²) in [5, 5.41) is 6.09. The third-order valence-corrected chi connectivity index (χ3v) is 9.30. The number of benzene rings is 2. The van der Waals surface area contributed by atoms with E-state index in [9.17, 15) is 22.4 Å². The van der Waals surface area contributed by atoms with Crippen molar-refractivity contribution in [3.63, 3.8) is 0 Å². The van der Waals surface area contributed by atoms with Crippen molar-refractivity contribution in [1.82, 2.24) is 19.5 Å². The summed E-state index contributed by atoms with van der Waals surface area (Å²) in [6, 6.07) is 10.8. The van der Waals surface area contributed by atoms with Crippen LogP contribution in [0.2, 0.25) is 0 Å². The number of carbonyl (C=O) groups excluding carboxylic acids is 2. The van der Waals surface area contributed by atoms with Crippen molar-refractivity contribution in [2.45, 2.75) is 56.0 Å². The van der Waals surface area contributed by atoms with E-state index in [1.54, 1.807) is 35.8 Å². The van der Waals surface area contributed by atoms with Crippen LogP contribution in [0.5, 0.6) is 5.75 Å². The third kappa shape index (κ3) is 7.57. The number of sulfonamides is 1. The molecule has 1 atom stereocenters. The summed E-state index contributed by atoms with van der Waals surface area (Å²) in [5.74, 6) is -1.77. The maximum atomic E-state index is 14.7. The number of hydrogen-bond acceptors (Lipinski definition) is 9. The smallest absolute Gasteiger partial charge is 0.264 e. The molecule has 11 nitrogen and oxygen atoms in total. The minimum absolute atomic E-state index is 0.0337. The summed E-state index contributed by atoms with van der Waals surface area (Å²) in [5.41, 5.74) is -1.11. The molecule has 0 bridgehead atoms. The molecule has 4 aromatic rings. The SMILES string of the molecule is COCCCC(Cn1cccn1)(C(=O)NS(=O)(=O)c1ccc(F)cc1)N(C(=O)c1ccc(C(C)(C)C)c(OC)c1)c1nccs1. The van der Waals surface area contributed by atoms with Crippen LogP contribution in [0.4, 0.5) is 9.52 Å². The molecule has 2 aromatic carbocycles. The fourth-order valence-electron chi connectivity index (χ4n) is 4.97. The van der Waals surface area contributed by atoms with Crippen LogP contribution < -0.4 is 14.4 Å². The summed E-state index contributed by atoms with van der Waals surface area (Å²) >= 11 is 1.11. The Bertz CT molecular complexity index is 1710. The highest BCUT2D eigenvalue weighted by Crippen LogP contribution is 2.37. The lowest BCUT2D eigenvalue weighted by Crippen LogP contribution is -2.64. The zero-order chi connectivity index (χ0) is 32.8. The molecular weight excluding hydrogens is 622 g/mol. The molecule has 0 fully saturated rings. The Morgan fingerprint density at radius 3 is 2.40 bits per heavy atom. The van der Waals surface area contributed by atoms with Crippen LogP contribution in [0.1, 0.15) is 49.5 Å². The highest BCUT2D eigenvalue weighted by Gasteiger charge is 2.50. The van der Waals surface area contributed by atoms with Crippen LogP contribution in [0.3, 0.4) is 0 Å². The van der Waals surface area contributed by atoms with E-state index in [2.05, 4.69) is 14.8 Å². The lowest BCUT2D eigenvalue weighted by molar-refractivity contribution is -0.125. The standard InChI is InChI=1S/C31H36FN5O6S2/c1-30(2,3)25-13-8-22(20-26(25)43-5)27(38)37(29-33-16-19-44-29)31(14-6-18-42-4,21-36-17-7-15-34-36)28(39)35-45(40,41)24-11-9-23(32)10-12-24/h7-13,15-17,19-20H,6,14,18,21H2,1-5H3,(H,35,39). The molecule has 45 heavy (non-hydrogen) atoms. The summed E-state index contributed by atoms with van der Waals surface area (Å²) in [4.78, 5) is 34.5. The van der Waals surface area contributed by atoms with Gasteiger partial charge in [-0.05, 0) is 66.3 Å². The zero-order valence-corrected chi connectivity index (χ0v) is 27.3. The van der Waals surface area contributed by atoms with Crippen LogP contribution in [0, 0.1) is 5.82 Å². The maximum Gasteiger partial charge on any atom is 0.264 e. The van der Waals surface area contributed by atoms with E-state index < -0.39 is 33.2 Å². The fourth-order valence-corrected chi connectivity index (χ4v) is 6.75. The molecule has 0 radical (unpaired) electrons. The Kier molecular flexibility index (Phi) is 10.4. The van der Waals surface area contributed by atoms with Gasteiger partial charge in [-0.2, -0.15) is 5.10 Å². The largest absolute Gasteiger partial charge is 0.496 e. The van der Waals surface area contributed by atoms with Crippen LogP contribution in [-0.4, -0.2) is 61.4 Å². The van der Waals surface area contributed by atoms with Gasteiger partial charge in [-0.15, -0.1) is 11.3 Å². The molecule has 14 heteroatoms. The number of aromatic nitrogens is 3. The van der Waals surface area contributed by atoms with Gasteiger partial charge < -0.3 is 9.47 Å². The van der Waals surface area contributed by atoms with Gasteiger partial charge >= 0.3 is 0 Å². The minimum atomic E-state index is -4.50. The molecule has 0 aliphatic rings. The van der Waals surface area contributed by atoms with E-state index >= 15 is 0 Å². The van der Waals surface area contributed by atoms with Gasteiger partial charge in [0.25, 0.3) is 21.8 Å². The monoisotopic (exact) mass is 657 g/mol. The number of anilines is 1. The fraction of sp³-hybridized carbons (Fsp3) is 0.355. The molecule has 0 saturated carbocycles. The van der Waals surface area contributed by atoms with Gasteiger partial charge in [0.2, 0.25) is 0 Å². The molecule has 0 aliphatic carbocycles. The normalized spacial score (nSPS) is 13.2. The minimum Gasteiger partial charge on any atom is -0.496 e. The average Bonchev–Trinajstić information content (AvgIpc) is 3.71. The second-order valence-corrected chi connectivity index (χ2v) is 13.9. The summed E-state index contributed by atoms with van der Waals surface area (Å²) in [6.45, 7) is 6.05. The van der Waals surface area contributed by atoms with Crippen molar-refractivity contribution >= 4 is 38.3 Å². The Morgan fingerprint density at radius 1 is 1.09 bits per heavy atom. The van der Waals surface area contributed by atoms with E-state index in [0.29, 0.717) is 5.75 Å². The zero-order valence-electron chi connectivity index (χ0n) is 25.7. The highest BCUT2D eigenvalue weighted by atomic mass is 32.2. The Morgan fingerprint density at radius 2 is 1.82 bits per heavy atom. The molecule has 240 valence electrons. The average molecular weight is 658 g/mol. The van der Waals surface area contributed by atoms with Gasteiger partial charge in [0, 0.05) is 43.3 Å². The second-order valence-electron chi connectivity index (χ2n) is 11.3. The van der Waals surface area contributed by atoms with Crippen LogP contribution in [0.15, 0.2) is 77.4 Å². The number of rotatable bonds is 13. The first-order valence-corrected chi connectivity index (χ1v) is 16.4. The first-order chi connectivity index (χ1) is 21.3. The van der Waals surface area contributed by atoms with Crippen molar-refractivity contribution in [1.29, 1.82) is 0 Å². The molecule has 2 aromatic heterocycles. The van der Waals surface area contributed by atoms with Gasteiger partial charge in [0.1, 0.15) is 17.1 Å². The summed E-state index contributed by atoms with van der Waals surface area (Å²) < 4.78 is 55.1. The van der Waals surface area contributed by atoms with E-state index in [1.807, 2.05) is 20.8 Å². The molecule has 2 heterocycles. The molecule has 1 unspecified atom stereocenters. The number of amides is 2. The van der Waals surface area contributed by atoms with E-state index in [4.69, 9.17) is 9.47 Å². The molecule has 0 spiro atoms. The first-order valence-electron chi connectivity index (χ1n) is 14.0. The number of ether oxygens (including phenoxy) is 2. The van der Waals surface area contributed by atoms with Crippen molar-refractivity contribution < 1.29 is 31.9 Å². The van der Waals surface area contributed by atoms with Gasteiger partial charge in [-0.1, -0.05) is 26.8 Å². The number of nitrogens with one attached hydrogen (secondary N) is 1. The second kappa shape index (κ2) is 13.9. The molecule has 0 aliphatic heterocycles. The summed E-state index contributed by atoms with van der Waals surface area (Å²) in [6.07, 6.45) is 4.85. The van der Waals surface area contributed by atoms with Crippen LogP contribution >= 0.6 is 11.3 Å². The summed E-state index contributed by atoms with van der Waals surface area (Å²) in [7, 11) is -1.48. The Balaban J connectivity index is 1.92. The van der Waals surface area contributed by atoms with E-state index in [0.717, 1.165) is 41.2 Å². The van der Waals surface area contributed by atoms with E-state index in [1.165, 1.54) is 36.2 Å². The molecule has 4 rings (SSSR count). The van der Waals surface area contributed by atoms with E-state index in [-0.39, 0.29) is 47.0 Å². The first kappa shape index (κ1) is 33.7. The number of halogens is 1. The van der Waals surface area contributed by atoms with Gasteiger partial charge in [0.15, 0.2) is 5.13 Å².